The van der Waals surface area contributed by atoms with Crippen molar-refractivity contribution in [2.75, 3.05) is 25.5 Å². The summed E-state index contributed by atoms with van der Waals surface area (Å²) in [7, 11) is 3.88. The Kier molecular flexibility index (Phi) is 5.50. The van der Waals surface area contributed by atoms with E-state index in [-0.39, 0.29) is 12.8 Å². The first-order valence-corrected chi connectivity index (χ1v) is 8.66. The van der Waals surface area contributed by atoms with Gasteiger partial charge in [-0.05, 0) is 23.8 Å². The van der Waals surface area contributed by atoms with Crippen molar-refractivity contribution < 1.29 is 17.9 Å². The highest BCUT2D eigenvalue weighted by Gasteiger charge is 2.33. The number of aromatic nitrogens is 1. The quantitative estimate of drug-likeness (QED) is 0.854. The molecule has 1 aliphatic heterocycles. The molecule has 0 spiro atoms. The second kappa shape index (κ2) is 7.53. The average Bonchev–Trinajstić information content (AvgIpc) is 3.06. The largest absolute Gasteiger partial charge is 0.417 e. The number of pyridine rings is 1. The number of benzene rings is 1. The molecule has 0 unspecified atom stereocenters. The standard InChI is InChI=1S/C18H19ClF3N3O2/c1-24(2)13-5-3-11(4-6-13)16-23-8-14(27-16)10-25-9-12(18(20,21)22)7-15(19)17(25)26/h3-7,9,14,16,23H,8,10H2,1-2H3/t14-,16-/m0/s1. The third kappa shape index (κ3) is 4.45. The summed E-state index contributed by atoms with van der Waals surface area (Å²) in [5, 5.41) is 2.70. The molecule has 2 aromatic rings. The molecule has 0 saturated carbocycles. The summed E-state index contributed by atoms with van der Waals surface area (Å²) >= 11 is 5.68. The fourth-order valence-electron chi connectivity index (χ4n) is 2.89. The van der Waals surface area contributed by atoms with Crippen LogP contribution in [0.25, 0.3) is 0 Å². The summed E-state index contributed by atoms with van der Waals surface area (Å²) in [5.74, 6) is 0. The van der Waals surface area contributed by atoms with E-state index in [0.717, 1.165) is 22.0 Å². The Morgan fingerprint density at radius 1 is 1.30 bits per heavy atom. The van der Waals surface area contributed by atoms with Crippen molar-refractivity contribution >= 4 is 17.3 Å². The third-order valence-corrected chi connectivity index (χ3v) is 4.61. The van der Waals surface area contributed by atoms with Crippen LogP contribution in [0.3, 0.4) is 0 Å². The summed E-state index contributed by atoms with van der Waals surface area (Å²) in [6.45, 7) is 0.377. The van der Waals surface area contributed by atoms with E-state index < -0.39 is 28.4 Å². The molecular weight excluding hydrogens is 383 g/mol. The van der Waals surface area contributed by atoms with Crippen molar-refractivity contribution in [1.29, 1.82) is 0 Å². The molecule has 1 fully saturated rings. The van der Waals surface area contributed by atoms with Gasteiger partial charge in [-0.3, -0.25) is 10.1 Å². The van der Waals surface area contributed by atoms with Gasteiger partial charge >= 0.3 is 6.18 Å². The molecule has 146 valence electrons. The molecule has 0 bridgehead atoms. The summed E-state index contributed by atoms with van der Waals surface area (Å²) in [5.41, 5.74) is 0.303. The second-order valence-electron chi connectivity index (χ2n) is 6.56. The number of anilines is 1. The number of rotatable bonds is 4. The van der Waals surface area contributed by atoms with E-state index in [1.807, 2.05) is 43.3 Å². The van der Waals surface area contributed by atoms with Crippen molar-refractivity contribution in [2.24, 2.45) is 0 Å². The molecular formula is C18H19ClF3N3O2. The number of halogens is 4. The van der Waals surface area contributed by atoms with Crippen LogP contribution in [0, 0.1) is 0 Å². The van der Waals surface area contributed by atoms with E-state index in [4.69, 9.17) is 16.3 Å². The van der Waals surface area contributed by atoms with Gasteiger partial charge in [0.1, 0.15) is 11.3 Å². The van der Waals surface area contributed by atoms with Crippen LogP contribution >= 0.6 is 11.6 Å². The van der Waals surface area contributed by atoms with Crippen molar-refractivity contribution in [2.45, 2.75) is 25.1 Å². The zero-order valence-corrected chi connectivity index (χ0v) is 15.5. The Morgan fingerprint density at radius 3 is 2.56 bits per heavy atom. The van der Waals surface area contributed by atoms with Gasteiger partial charge in [-0.15, -0.1) is 0 Å². The fraction of sp³-hybridized carbons (Fsp3) is 0.389. The molecule has 0 radical (unpaired) electrons. The first kappa shape index (κ1) is 19.7. The number of nitrogens with one attached hydrogen (secondary N) is 1. The molecule has 1 saturated heterocycles. The Morgan fingerprint density at radius 2 is 1.96 bits per heavy atom. The number of hydrogen-bond acceptors (Lipinski definition) is 4. The van der Waals surface area contributed by atoms with E-state index in [1.165, 1.54) is 0 Å². The van der Waals surface area contributed by atoms with Gasteiger partial charge in [0.05, 0.1) is 18.2 Å². The molecule has 9 heteroatoms. The highest BCUT2D eigenvalue weighted by Crippen LogP contribution is 2.30. The maximum atomic E-state index is 12.9. The van der Waals surface area contributed by atoms with Gasteiger partial charge in [-0.25, -0.2) is 0 Å². The van der Waals surface area contributed by atoms with Crippen LogP contribution < -0.4 is 15.8 Å². The molecule has 1 N–H and O–H groups in total. The Bertz CT molecular complexity index is 866. The van der Waals surface area contributed by atoms with Crippen molar-refractivity contribution in [1.82, 2.24) is 9.88 Å². The summed E-state index contributed by atoms with van der Waals surface area (Å²) in [4.78, 5) is 14.0. The first-order valence-electron chi connectivity index (χ1n) is 8.28. The highest BCUT2D eigenvalue weighted by atomic mass is 35.5. The minimum absolute atomic E-state index is 0.0260. The predicted molar refractivity (Wildman–Crippen MR) is 97.1 cm³/mol. The maximum absolute atomic E-state index is 12.9. The molecule has 2 atom stereocenters. The van der Waals surface area contributed by atoms with Gasteiger partial charge in [0.2, 0.25) is 0 Å². The molecule has 0 aliphatic carbocycles. The summed E-state index contributed by atoms with van der Waals surface area (Å²) < 4.78 is 45.7. The van der Waals surface area contributed by atoms with E-state index in [1.54, 1.807) is 0 Å². The number of ether oxygens (including phenoxy) is 1. The zero-order chi connectivity index (χ0) is 19.8. The van der Waals surface area contributed by atoms with Gasteiger partial charge < -0.3 is 14.2 Å². The summed E-state index contributed by atoms with van der Waals surface area (Å²) in [6, 6.07) is 8.38. The third-order valence-electron chi connectivity index (χ3n) is 4.34. The van der Waals surface area contributed by atoms with Crippen LogP contribution in [0.2, 0.25) is 5.02 Å². The Balaban J connectivity index is 1.73. The lowest BCUT2D eigenvalue weighted by Crippen LogP contribution is -2.29. The average molecular weight is 402 g/mol. The number of alkyl halides is 3. The molecule has 5 nitrogen and oxygen atoms in total. The zero-order valence-electron chi connectivity index (χ0n) is 14.8. The monoisotopic (exact) mass is 401 g/mol. The lowest BCUT2D eigenvalue weighted by Gasteiger charge is -2.17. The second-order valence-corrected chi connectivity index (χ2v) is 6.97. The highest BCUT2D eigenvalue weighted by molar-refractivity contribution is 6.30. The van der Waals surface area contributed by atoms with Crippen LogP contribution in [0.5, 0.6) is 0 Å². The lowest BCUT2D eigenvalue weighted by atomic mass is 10.2. The van der Waals surface area contributed by atoms with Crippen molar-refractivity contribution in [3.05, 3.63) is 63.0 Å². The molecule has 2 heterocycles. The number of hydrogen-bond donors (Lipinski definition) is 1. The van der Waals surface area contributed by atoms with E-state index in [0.29, 0.717) is 12.6 Å². The van der Waals surface area contributed by atoms with E-state index in [9.17, 15) is 18.0 Å². The van der Waals surface area contributed by atoms with Gasteiger partial charge in [0, 0.05) is 32.5 Å². The van der Waals surface area contributed by atoms with Crippen molar-refractivity contribution in [3.63, 3.8) is 0 Å². The minimum atomic E-state index is -4.58. The van der Waals surface area contributed by atoms with Crippen LogP contribution in [-0.2, 0) is 17.5 Å². The van der Waals surface area contributed by atoms with Crippen LogP contribution in [-0.4, -0.2) is 31.3 Å². The van der Waals surface area contributed by atoms with Crippen LogP contribution in [0.15, 0.2) is 41.3 Å². The van der Waals surface area contributed by atoms with E-state index in [2.05, 4.69) is 5.32 Å². The van der Waals surface area contributed by atoms with Gasteiger partial charge in [0.25, 0.3) is 5.56 Å². The van der Waals surface area contributed by atoms with Gasteiger partial charge in [-0.1, -0.05) is 23.7 Å². The smallest absolute Gasteiger partial charge is 0.378 e. The lowest BCUT2D eigenvalue weighted by molar-refractivity contribution is -0.138. The SMILES string of the molecule is CN(C)c1ccc([C@H]2NC[C@@H](Cn3cc(C(F)(F)F)cc(Cl)c3=O)O2)cc1. The van der Waals surface area contributed by atoms with Gasteiger partial charge in [-0.2, -0.15) is 13.2 Å². The van der Waals surface area contributed by atoms with Gasteiger partial charge in [0.15, 0.2) is 0 Å². The normalized spacial score (nSPS) is 20.1. The van der Waals surface area contributed by atoms with Crippen molar-refractivity contribution in [3.8, 4) is 0 Å². The fourth-order valence-corrected chi connectivity index (χ4v) is 3.11. The van der Waals surface area contributed by atoms with Crippen LogP contribution in [0.1, 0.15) is 17.4 Å². The molecule has 1 aromatic carbocycles. The van der Waals surface area contributed by atoms with Crippen LogP contribution in [0.4, 0.5) is 18.9 Å². The van der Waals surface area contributed by atoms with E-state index >= 15 is 0 Å². The maximum Gasteiger partial charge on any atom is 0.417 e. The summed E-state index contributed by atoms with van der Waals surface area (Å²) in [6.07, 6.45) is -4.65. The Labute approximate surface area is 159 Å². The molecule has 27 heavy (non-hydrogen) atoms. The molecule has 1 aliphatic rings. The molecule has 1 aromatic heterocycles. The first-order chi connectivity index (χ1) is 12.6. The Hall–Kier alpha value is -2.03. The molecule has 0 amide bonds. The number of nitrogens with zero attached hydrogens (tertiary/aromatic N) is 2. The minimum Gasteiger partial charge on any atom is -0.378 e. The topological polar surface area (TPSA) is 46.5 Å². The predicted octanol–water partition coefficient (Wildman–Crippen LogP) is 3.27. The molecule has 3 rings (SSSR count).